The van der Waals surface area contributed by atoms with Gasteiger partial charge in [0.05, 0.1) is 12.3 Å². The lowest BCUT2D eigenvalue weighted by Gasteiger charge is -2.08. The van der Waals surface area contributed by atoms with Gasteiger partial charge < -0.3 is 5.73 Å². The fourth-order valence-corrected chi connectivity index (χ4v) is 1.47. The summed E-state index contributed by atoms with van der Waals surface area (Å²) in [6, 6.07) is 2.20. The Balaban J connectivity index is 2.02. The third-order valence-corrected chi connectivity index (χ3v) is 2.46. The van der Waals surface area contributed by atoms with Gasteiger partial charge in [-0.2, -0.15) is 5.26 Å². The number of aromatic nitrogens is 3. The third-order valence-electron chi connectivity index (χ3n) is 2.46. The number of nitrogens with two attached hydrogens (primary N) is 1. The van der Waals surface area contributed by atoms with Crippen molar-refractivity contribution >= 4 is 5.82 Å². The number of nitrogens with zero attached hydrogens (tertiary/aromatic N) is 4. The molecular weight excluding hydrogens is 166 g/mol. The molecule has 1 aromatic rings. The molecule has 1 fully saturated rings. The average Bonchev–Trinajstić information content (AvgIpc) is 2.70. The fraction of sp³-hybridized carbons (Fsp3) is 0.625. The summed E-state index contributed by atoms with van der Waals surface area (Å²) < 4.78 is 1.72. The molecule has 0 radical (unpaired) electrons. The first-order valence-corrected chi connectivity index (χ1v) is 4.27. The summed E-state index contributed by atoms with van der Waals surface area (Å²) in [6.45, 7) is 0.769. The monoisotopic (exact) mass is 177 g/mol. The van der Waals surface area contributed by atoms with Gasteiger partial charge in [-0.3, -0.25) is 0 Å². The molecule has 1 aliphatic carbocycles. The van der Waals surface area contributed by atoms with E-state index in [1.807, 2.05) is 0 Å². The van der Waals surface area contributed by atoms with Crippen molar-refractivity contribution in [3.05, 3.63) is 6.20 Å². The topological polar surface area (TPSA) is 80.5 Å². The lowest BCUT2D eigenvalue weighted by molar-refractivity contribution is 0.398. The highest BCUT2D eigenvalue weighted by atomic mass is 15.4. The predicted molar refractivity (Wildman–Crippen MR) is 46.3 cm³/mol. The number of hydrogen-bond acceptors (Lipinski definition) is 4. The summed E-state index contributed by atoms with van der Waals surface area (Å²) >= 11 is 0. The van der Waals surface area contributed by atoms with Gasteiger partial charge in [-0.15, -0.1) is 5.10 Å². The Morgan fingerprint density at radius 2 is 2.46 bits per heavy atom. The van der Waals surface area contributed by atoms with Crippen LogP contribution in [0, 0.1) is 16.7 Å². The predicted octanol–water partition coefficient (Wildman–Crippen LogP) is 0.554. The third kappa shape index (κ3) is 1.61. The van der Waals surface area contributed by atoms with E-state index in [-0.39, 0.29) is 5.41 Å². The maximum atomic E-state index is 8.61. The molecule has 1 heterocycles. The van der Waals surface area contributed by atoms with Crippen LogP contribution in [0.3, 0.4) is 0 Å². The molecular formula is C8H11N5. The highest BCUT2D eigenvalue weighted by molar-refractivity contribution is 5.20. The van der Waals surface area contributed by atoms with Gasteiger partial charge in [0, 0.05) is 18.4 Å². The van der Waals surface area contributed by atoms with Crippen molar-refractivity contribution < 1.29 is 0 Å². The van der Waals surface area contributed by atoms with Gasteiger partial charge >= 0.3 is 0 Å². The van der Waals surface area contributed by atoms with E-state index in [0.29, 0.717) is 12.2 Å². The van der Waals surface area contributed by atoms with Gasteiger partial charge in [0.2, 0.25) is 0 Å². The fourth-order valence-electron chi connectivity index (χ4n) is 1.47. The molecule has 0 spiro atoms. The molecule has 0 saturated heterocycles. The first-order valence-electron chi connectivity index (χ1n) is 4.27. The molecule has 0 bridgehead atoms. The second kappa shape index (κ2) is 2.73. The molecule has 0 aromatic carbocycles. The van der Waals surface area contributed by atoms with E-state index in [2.05, 4.69) is 16.4 Å². The van der Waals surface area contributed by atoms with Crippen LogP contribution in [0.15, 0.2) is 6.20 Å². The second-order valence-electron chi connectivity index (χ2n) is 3.68. The van der Waals surface area contributed by atoms with E-state index in [1.165, 1.54) is 0 Å². The van der Waals surface area contributed by atoms with Gasteiger partial charge in [-0.1, -0.05) is 5.21 Å². The quantitative estimate of drug-likeness (QED) is 0.731. The van der Waals surface area contributed by atoms with Crippen LogP contribution in [0.1, 0.15) is 19.3 Å². The summed E-state index contributed by atoms with van der Waals surface area (Å²) in [7, 11) is 0. The Bertz CT molecular complexity index is 344. The zero-order valence-corrected chi connectivity index (χ0v) is 7.27. The highest BCUT2D eigenvalue weighted by Crippen LogP contribution is 2.49. The standard InChI is InChI=1S/C8H11N5/c9-4-3-8(1-2-8)6-13-5-7(10)11-12-13/h5H,1-3,6,10H2. The minimum atomic E-state index is 0.162. The Labute approximate surface area is 76.1 Å². The summed E-state index contributed by atoms with van der Waals surface area (Å²) in [5.74, 6) is 0.438. The van der Waals surface area contributed by atoms with E-state index in [0.717, 1.165) is 19.4 Å². The van der Waals surface area contributed by atoms with Crippen molar-refractivity contribution in [2.24, 2.45) is 5.41 Å². The van der Waals surface area contributed by atoms with E-state index >= 15 is 0 Å². The van der Waals surface area contributed by atoms with Crippen molar-refractivity contribution in [2.75, 3.05) is 5.73 Å². The first-order chi connectivity index (χ1) is 6.24. The SMILES string of the molecule is N#CCC1(Cn2cc(N)nn2)CC1. The van der Waals surface area contributed by atoms with Crippen LogP contribution in [-0.4, -0.2) is 15.0 Å². The lowest BCUT2D eigenvalue weighted by Crippen LogP contribution is -2.11. The van der Waals surface area contributed by atoms with Crippen LogP contribution in [0.25, 0.3) is 0 Å². The summed E-state index contributed by atoms with van der Waals surface area (Å²) in [5, 5.41) is 16.2. The smallest absolute Gasteiger partial charge is 0.165 e. The van der Waals surface area contributed by atoms with Crippen LogP contribution in [0.2, 0.25) is 0 Å². The maximum absolute atomic E-state index is 8.61. The van der Waals surface area contributed by atoms with Gasteiger partial charge in [0.1, 0.15) is 0 Å². The van der Waals surface area contributed by atoms with Gasteiger partial charge in [-0.05, 0) is 12.8 Å². The molecule has 0 amide bonds. The lowest BCUT2D eigenvalue weighted by atomic mass is 10.0. The minimum Gasteiger partial charge on any atom is -0.381 e. The molecule has 0 unspecified atom stereocenters. The Morgan fingerprint density at radius 3 is 2.92 bits per heavy atom. The van der Waals surface area contributed by atoms with Crippen molar-refractivity contribution in [3.8, 4) is 6.07 Å². The zero-order valence-electron chi connectivity index (χ0n) is 7.27. The summed E-state index contributed by atoms with van der Waals surface area (Å²) in [6.07, 6.45) is 4.53. The van der Waals surface area contributed by atoms with Crippen LogP contribution in [-0.2, 0) is 6.54 Å². The van der Waals surface area contributed by atoms with Crippen LogP contribution >= 0.6 is 0 Å². The number of nitrogen functional groups attached to an aromatic ring is 1. The average molecular weight is 177 g/mol. The van der Waals surface area contributed by atoms with Crippen LogP contribution < -0.4 is 5.73 Å². The number of anilines is 1. The van der Waals surface area contributed by atoms with E-state index in [9.17, 15) is 0 Å². The highest BCUT2D eigenvalue weighted by Gasteiger charge is 2.43. The summed E-state index contributed by atoms with van der Waals surface area (Å²) in [4.78, 5) is 0. The molecule has 68 valence electrons. The molecule has 1 aromatic heterocycles. The molecule has 5 nitrogen and oxygen atoms in total. The molecule has 5 heteroatoms. The van der Waals surface area contributed by atoms with Crippen molar-refractivity contribution in [1.82, 2.24) is 15.0 Å². The molecule has 0 aliphatic heterocycles. The van der Waals surface area contributed by atoms with Gasteiger partial charge in [0.25, 0.3) is 0 Å². The maximum Gasteiger partial charge on any atom is 0.165 e. The number of hydrogen-bond donors (Lipinski definition) is 1. The Morgan fingerprint density at radius 1 is 1.69 bits per heavy atom. The molecule has 13 heavy (non-hydrogen) atoms. The number of nitriles is 1. The Kier molecular flexibility index (Phi) is 1.69. The Hall–Kier alpha value is -1.57. The van der Waals surface area contributed by atoms with Crippen molar-refractivity contribution in [3.63, 3.8) is 0 Å². The molecule has 2 N–H and O–H groups in total. The molecule has 1 aliphatic rings. The van der Waals surface area contributed by atoms with Crippen LogP contribution in [0.4, 0.5) is 5.82 Å². The molecule has 2 rings (SSSR count). The van der Waals surface area contributed by atoms with E-state index in [4.69, 9.17) is 11.0 Å². The summed E-state index contributed by atoms with van der Waals surface area (Å²) in [5.41, 5.74) is 5.59. The first kappa shape index (κ1) is 8.05. The van der Waals surface area contributed by atoms with E-state index in [1.54, 1.807) is 10.9 Å². The molecule has 1 saturated carbocycles. The van der Waals surface area contributed by atoms with Gasteiger partial charge in [0.15, 0.2) is 5.82 Å². The van der Waals surface area contributed by atoms with Crippen LogP contribution in [0.5, 0.6) is 0 Å². The molecule has 0 atom stereocenters. The minimum absolute atomic E-state index is 0.162. The van der Waals surface area contributed by atoms with E-state index < -0.39 is 0 Å². The zero-order chi connectivity index (χ0) is 9.31. The largest absolute Gasteiger partial charge is 0.381 e. The van der Waals surface area contributed by atoms with Crippen molar-refractivity contribution in [2.45, 2.75) is 25.8 Å². The second-order valence-corrected chi connectivity index (χ2v) is 3.68. The van der Waals surface area contributed by atoms with Crippen molar-refractivity contribution in [1.29, 1.82) is 5.26 Å². The van der Waals surface area contributed by atoms with Gasteiger partial charge in [-0.25, -0.2) is 4.68 Å². The number of rotatable bonds is 3. The normalized spacial score (nSPS) is 18.1.